The van der Waals surface area contributed by atoms with Crippen LogP contribution in [0.2, 0.25) is 0 Å². The molecule has 3 N–H and O–H groups in total. The van der Waals surface area contributed by atoms with Crippen LogP contribution in [0.1, 0.15) is 43.9 Å². The molecule has 0 aliphatic rings. The van der Waals surface area contributed by atoms with Crippen LogP contribution in [0.5, 0.6) is 5.75 Å². The molecule has 5 heteroatoms. The van der Waals surface area contributed by atoms with E-state index in [2.05, 4.69) is 53.7 Å². The van der Waals surface area contributed by atoms with E-state index in [0.717, 1.165) is 17.9 Å². The van der Waals surface area contributed by atoms with E-state index in [0.29, 0.717) is 11.9 Å². The number of rotatable bonds is 8. The molecule has 0 heterocycles. The van der Waals surface area contributed by atoms with Gasteiger partial charge in [-0.25, -0.2) is 0 Å². The lowest BCUT2D eigenvalue weighted by Crippen LogP contribution is -2.44. The highest BCUT2D eigenvalue weighted by Gasteiger charge is 2.16. The van der Waals surface area contributed by atoms with E-state index in [1.54, 1.807) is 7.11 Å². The van der Waals surface area contributed by atoms with Crippen LogP contribution in [0.3, 0.4) is 0 Å². The third kappa shape index (κ3) is 6.29. The molecule has 0 bridgehead atoms. The summed E-state index contributed by atoms with van der Waals surface area (Å²) in [5.41, 5.74) is 2.07. The topological polar surface area (TPSA) is 65.9 Å². The normalized spacial score (nSPS) is 14.9. The van der Waals surface area contributed by atoms with E-state index < -0.39 is 6.10 Å². The zero-order chi connectivity index (χ0) is 19.6. The molecule has 0 radical (unpaired) electrons. The minimum absolute atomic E-state index is 0.194. The Morgan fingerprint density at radius 2 is 1.78 bits per heavy atom. The first kappa shape index (κ1) is 20.8. The van der Waals surface area contributed by atoms with Crippen molar-refractivity contribution < 1.29 is 9.84 Å². The van der Waals surface area contributed by atoms with Crippen molar-refractivity contribution in [3.05, 3.63) is 65.7 Å². The molecule has 0 saturated heterocycles. The minimum Gasteiger partial charge on any atom is -0.497 e. The number of aliphatic hydroxyl groups is 1. The molecule has 27 heavy (non-hydrogen) atoms. The fraction of sp³-hybridized carbons (Fsp3) is 0.409. The average molecular weight is 370 g/mol. The zero-order valence-corrected chi connectivity index (χ0v) is 16.6. The van der Waals surface area contributed by atoms with Crippen LogP contribution in [0, 0.1) is 0 Å². The number of nitrogens with one attached hydrogen (secondary N) is 2. The van der Waals surface area contributed by atoms with Crippen LogP contribution in [0.15, 0.2) is 59.6 Å². The second-order valence-corrected chi connectivity index (χ2v) is 6.64. The van der Waals surface area contributed by atoms with Gasteiger partial charge in [0.2, 0.25) is 0 Å². The summed E-state index contributed by atoms with van der Waals surface area (Å²) in [6.07, 6.45) is -0.683. The van der Waals surface area contributed by atoms with Gasteiger partial charge in [0, 0.05) is 18.5 Å². The second-order valence-electron chi connectivity index (χ2n) is 6.64. The van der Waals surface area contributed by atoms with Crippen molar-refractivity contribution in [1.29, 1.82) is 0 Å². The van der Waals surface area contributed by atoms with Crippen LogP contribution >= 0.6 is 0 Å². The predicted octanol–water partition coefficient (Wildman–Crippen LogP) is 3.48. The average Bonchev–Trinajstić information content (AvgIpc) is 2.71. The molecule has 146 valence electrons. The number of hydrogen-bond donors (Lipinski definition) is 3. The highest BCUT2D eigenvalue weighted by Crippen LogP contribution is 2.20. The Balaban J connectivity index is 2.02. The van der Waals surface area contributed by atoms with Gasteiger partial charge in [-0.1, -0.05) is 49.4 Å². The fourth-order valence-corrected chi connectivity index (χ4v) is 2.84. The van der Waals surface area contributed by atoms with Crippen LogP contribution in [-0.2, 0) is 0 Å². The molecule has 2 aromatic rings. The Morgan fingerprint density at radius 3 is 2.44 bits per heavy atom. The maximum absolute atomic E-state index is 10.5. The molecule has 0 aromatic heterocycles. The van der Waals surface area contributed by atoms with Gasteiger partial charge in [0.1, 0.15) is 5.75 Å². The summed E-state index contributed by atoms with van der Waals surface area (Å²) in [6, 6.07) is 18.1. The molecular weight excluding hydrogens is 338 g/mol. The smallest absolute Gasteiger partial charge is 0.191 e. The monoisotopic (exact) mass is 369 g/mol. The van der Waals surface area contributed by atoms with Crippen LogP contribution in [0.4, 0.5) is 0 Å². The van der Waals surface area contributed by atoms with Crippen molar-refractivity contribution in [3.63, 3.8) is 0 Å². The molecule has 2 aromatic carbocycles. The first-order valence-corrected chi connectivity index (χ1v) is 9.47. The quantitative estimate of drug-likeness (QED) is 0.492. The van der Waals surface area contributed by atoms with Crippen molar-refractivity contribution in [3.8, 4) is 5.75 Å². The highest BCUT2D eigenvalue weighted by molar-refractivity contribution is 5.80. The lowest BCUT2D eigenvalue weighted by molar-refractivity contribution is 0.186. The van der Waals surface area contributed by atoms with Gasteiger partial charge in [0.05, 0.1) is 19.8 Å². The van der Waals surface area contributed by atoms with E-state index in [1.807, 2.05) is 37.3 Å². The summed E-state index contributed by atoms with van der Waals surface area (Å²) in [6.45, 7) is 7.40. The minimum atomic E-state index is -0.683. The van der Waals surface area contributed by atoms with Crippen LogP contribution < -0.4 is 15.4 Å². The summed E-state index contributed by atoms with van der Waals surface area (Å²) in [5.74, 6) is 1.76. The zero-order valence-electron chi connectivity index (χ0n) is 16.6. The summed E-state index contributed by atoms with van der Waals surface area (Å²) < 4.78 is 5.22. The number of aliphatic hydroxyl groups excluding tert-OH is 1. The van der Waals surface area contributed by atoms with E-state index in [9.17, 15) is 5.11 Å². The van der Waals surface area contributed by atoms with E-state index in [-0.39, 0.29) is 12.6 Å². The SMILES string of the molecule is CCNC(=NCC(O)c1cccc(OC)c1)NC(C)C(C)c1ccccc1. The van der Waals surface area contributed by atoms with Gasteiger partial charge in [-0.2, -0.15) is 0 Å². The van der Waals surface area contributed by atoms with Crippen LogP contribution in [-0.4, -0.2) is 37.3 Å². The van der Waals surface area contributed by atoms with Gasteiger partial charge in [-0.05, 0) is 37.1 Å². The molecule has 0 spiro atoms. The largest absolute Gasteiger partial charge is 0.497 e. The Kier molecular flexibility index (Phi) is 8.14. The Morgan fingerprint density at radius 1 is 1.07 bits per heavy atom. The van der Waals surface area contributed by atoms with Crippen molar-refractivity contribution >= 4 is 5.96 Å². The lowest BCUT2D eigenvalue weighted by Gasteiger charge is -2.24. The molecule has 0 aliphatic heterocycles. The predicted molar refractivity (Wildman–Crippen MR) is 111 cm³/mol. The number of hydrogen-bond acceptors (Lipinski definition) is 3. The maximum Gasteiger partial charge on any atom is 0.191 e. The molecule has 5 nitrogen and oxygen atoms in total. The molecule has 0 saturated carbocycles. The third-order valence-corrected chi connectivity index (χ3v) is 4.68. The van der Waals surface area contributed by atoms with Gasteiger partial charge in [-0.3, -0.25) is 4.99 Å². The molecule has 3 unspecified atom stereocenters. The summed E-state index contributed by atoms with van der Waals surface area (Å²) in [4.78, 5) is 4.56. The van der Waals surface area contributed by atoms with Gasteiger partial charge in [0.15, 0.2) is 5.96 Å². The molecule has 0 amide bonds. The highest BCUT2D eigenvalue weighted by atomic mass is 16.5. The molecule has 0 aliphatic carbocycles. The number of guanidine groups is 1. The van der Waals surface area contributed by atoms with Crippen molar-refractivity contribution in [2.24, 2.45) is 4.99 Å². The molecule has 2 rings (SSSR count). The van der Waals surface area contributed by atoms with E-state index in [4.69, 9.17) is 4.74 Å². The van der Waals surface area contributed by atoms with Crippen molar-refractivity contribution in [1.82, 2.24) is 10.6 Å². The molecule has 3 atom stereocenters. The number of benzene rings is 2. The lowest BCUT2D eigenvalue weighted by atomic mass is 9.94. The van der Waals surface area contributed by atoms with Gasteiger partial charge < -0.3 is 20.5 Å². The first-order valence-electron chi connectivity index (χ1n) is 9.47. The van der Waals surface area contributed by atoms with Gasteiger partial charge in [-0.15, -0.1) is 0 Å². The van der Waals surface area contributed by atoms with E-state index in [1.165, 1.54) is 5.56 Å². The number of nitrogens with zero attached hydrogens (tertiary/aromatic N) is 1. The molecular formula is C22H31N3O2. The Hall–Kier alpha value is -2.53. The van der Waals surface area contributed by atoms with Gasteiger partial charge in [0.25, 0.3) is 0 Å². The van der Waals surface area contributed by atoms with Crippen molar-refractivity contribution in [2.75, 3.05) is 20.2 Å². The summed E-state index contributed by atoms with van der Waals surface area (Å²) in [5, 5.41) is 17.2. The second kappa shape index (κ2) is 10.6. The maximum atomic E-state index is 10.5. The van der Waals surface area contributed by atoms with E-state index >= 15 is 0 Å². The molecule has 0 fully saturated rings. The number of methoxy groups -OCH3 is 1. The first-order chi connectivity index (χ1) is 13.0. The Labute approximate surface area is 162 Å². The number of aliphatic imine (C=N–C) groups is 1. The Bertz CT molecular complexity index is 719. The van der Waals surface area contributed by atoms with Crippen molar-refractivity contribution in [2.45, 2.75) is 38.8 Å². The standard InChI is InChI=1S/C22H31N3O2/c1-5-23-22(25-17(3)16(2)18-10-7-6-8-11-18)24-15-21(26)19-12-9-13-20(14-19)27-4/h6-14,16-17,21,26H,5,15H2,1-4H3,(H2,23,24,25). The number of ether oxygens (including phenoxy) is 1. The summed E-state index contributed by atoms with van der Waals surface area (Å²) >= 11 is 0. The van der Waals surface area contributed by atoms with Gasteiger partial charge >= 0.3 is 0 Å². The third-order valence-electron chi connectivity index (χ3n) is 4.68. The van der Waals surface area contributed by atoms with Crippen LogP contribution in [0.25, 0.3) is 0 Å². The fourth-order valence-electron chi connectivity index (χ4n) is 2.84. The summed E-state index contributed by atoms with van der Waals surface area (Å²) in [7, 11) is 1.62.